The molecule has 1 nitrogen and oxygen atoms in total. The molecule has 0 saturated carbocycles. The first-order valence-electron chi connectivity index (χ1n) is 4.15. The Kier molecular flexibility index (Phi) is 2.50. The molecule has 0 fully saturated rings. The van der Waals surface area contributed by atoms with Crippen molar-refractivity contribution in [3.8, 4) is 0 Å². The number of aliphatic hydroxyl groups is 1. The summed E-state index contributed by atoms with van der Waals surface area (Å²) in [4.78, 5) is 0. The van der Waals surface area contributed by atoms with Crippen LogP contribution in [0.25, 0.3) is 0 Å². The topological polar surface area (TPSA) is 20.2 Å². The Morgan fingerprint density at radius 3 is 2.82 bits per heavy atom. The average molecular weight is 152 g/mol. The van der Waals surface area contributed by atoms with Crippen molar-refractivity contribution in [1.29, 1.82) is 0 Å². The Bertz CT molecular complexity index is 191. The number of rotatable bonds is 1. The van der Waals surface area contributed by atoms with E-state index in [0.717, 1.165) is 24.0 Å². The van der Waals surface area contributed by atoms with Gasteiger partial charge in [0.25, 0.3) is 0 Å². The minimum absolute atomic E-state index is 0.267. The first-order chi connectivity index (χ1) is 5.11. The second kappa shape index (κ2) is 3.22. The molecule has 1 N–H and O–H groups in total. The average Bonchev–Trinajstić information content (AvgIpc) is 1.85. The zero-order chi connectivity index (χ0) is 8.43. The fraction of sp³-hybridized carbons (Fsp3) is 0.600. The minimum Gasteiger partial charge on any atom is -0.388 e. The van der Waals surface area contributed by atoms with Crippen LogP contribution >= 0.6 is 0 Å². The first-order valence-corrected chi connectivity index (χ1v) is 4.15. The number of aliphatic hydroxyl groups excluding tert-OH is 1. The lowest BCUT2D eigenvalue weighted by Crippen LogP contribution is -2.19. The molecule has 2 atom stereocenters. The second-order valence-corrected chi connectivity index (χ2v) is 3.53. The third-order valence-corrected chi connectivity index (χ3v) is 2.22. The molecule has 0 saturated heterocycles. The Morgan fingerprint density at radius 1 is 1.73 bits per heavy atom. The molecule has 1 heteroatoms. The lowest BCUT2D eigenvalue weighted by molar-refractivity contribution is 0.173. The van der Waals surface area contributed by atoms with Gasteiger partial charge in [-0.2, -0.15) is 0 Å². The van der Waals surface area contributed by atoms with E-state index in [9.17, 15) is 5.11 Å². The monoisotopic (exact) mass is 152 g/mol. The molecule has 0 spiro atoms. The van der Waals surface area contributed by atoms with Gasteiger partial charge in [-0.25, -0.2) is 0 Å². The van der Waals surface area contributed by atoms with Crippen molar-refractivity contribution in [2.45, 2.75) is 32.8 Å². The molecule has 0 aromatic heterocycles. The smallest absolute Gasteiger partial charge is 0.0792 e. The molecule has 0 heterocycles. The van der Waals surface area contributed by atoms with E-state index in [1.54, 1.807) is 0 Å². The molecule has 0 aromatic rings. The zero-order valence-electron chi connectivity index (χ0n) is 7.30. The highest BCUT2D eigenvalue weighted by Gasteiger charge is 2.19. The van der Waals surface area contributed by atoms with Crippen molar-refractivity contribution in [2.75, 3.05) is 0 Å². The van der Waals surface area contributed by atoms with Crippen molar-refractivity contribution < 1.29 is 5.11 Å². The highest BCUT2D eigenvalue weighted by Crippen LogP contribution is 2.26. The lowest BCUT2D eigenvalue weighted by atomic mass is 9.86. The van der Waals surface area contributed by atoms with Crippen LogP contribution in [0.4, 0.5) is 0 Å². The molecule has 0 bridgehead atoms. The van der Waals surface area contributed by atoms with E-state index in [-0.39, 0.29) is 6.10 Å². The molecule has 0 radical (unpaired) electrons. The second-order valence-electron chi connectivity index (χ2n) is 3.53. The van der Waals surface area contributed by atoms with Crippen LogP contribution in [0.15, 0.2) is 23.8 Å². The molecule has 1 rings (SSSR count). The maximum atomic E-state index is 9.58. The summed E-state index contributed by atoms with van der Waals surface area (Å²) < 4.78 is 0. The number of hydrogen-bond acceptors (Lipinski definition) is 1. The molecule has 62 valence electrons. The van der Waals surface area contributed by atoms with Gasteiger partial charge in [0.15, 0.2) is 0 Å². The predicted molar refractivity (Wildman–Crippen MR) is 47.3 cm³/mol. The summed E-state index contributed by atoms with van der Waals surface area (Å²) in [5.74, 6) is 0.619. The largest absolute Gasteiger partial charge is 0.388 e. The van der Waals surface area contributed by atoms with Crippen molar-refractivity contribution in [2.24, 2.45) is 5.92 Å². The van der Waals surface area contributed by atoms with E-state index in [1.165, 1.54) is 0 Å². The van der Waals surface area contributed by atoms with Gasteiger partial charge in [0.2, 0.25) is 0 Å². The van der Waals surface area contributed by atoms with Crippen LogP contribution in [-0.2, 0) is 0 Å². The molecule has 0 aromatic carbocycles. The van der Waals surface area contributed by atoms with Gasteiger partial charge in [0.1, 0.15) is 0 Å². The standard InChI is InChI=1S/C10H16O/c1-7(2)9-5-4-8(3)6-10(9)11/h5,8,10-11H,1,4,6H2,2-3H3. The van der Waals surface area contributed by atoms with E-state index in [1.807, 2.05) is 6.92 Å². The van der Waals surface area contributed by atoms with Crippen LogP contribution in [0.2, 0.25) is 0 Å². The van der Waals surface area contributed by atoms with Gasteiger partial charge in [0.05, 0.1) is 6.10 Å². The molecule has 11 heavy (non-hydrogen) atoms. The van der Waals surface area contributed by atoms with Crippen LogP contribution in [0.1, 0.15) is 26.7 Å². The van der Waals surface area contributed by atoms with E-state index < -0.39 is 0 Å². The quantitative estimate of drug-likeness (QED) is 0.611. The summed E-state index contributed by atoms with van der Waals surface area (Å²) in [6, 6.07) is 0. The third kappa shape index (κ3) is 1.93. The zero-order valence-corrected chi connectivity index (χ0v) is 7.30. The number of allylic oxidation sites excluding steroid dienone is 1. The van der Waals surface area contributed by atoms with Crippen LogP contribution in [-0.4, -0.2) is 11.2 Å². The van der Waals surface area contributed by atoms with Gasteiger partial charge >= 0.3 is 0 Å². The molecular formula is C10H16O. The van der Waals surface area contributed by atoms with Crippen LogP contribution in [0, 0.1) is 5.92 Å². The highest BCUT2D eigenvalue weighted by atomic mass is 16.3. The molecule has 1 aliphatic rings. The van der Waals surface area contributed by atoms with Gasteiger partial charge in [-0.1, -0.05) is 25.2 Å². The maximum absolute atomic E-state index is 9.58. The van der Waals surface area contributed by atoms with E-state index >= 15 is 0 Å². The lowest BCUT2D eigenvalue weighted by Gasteiger charge is -2.24. The Hall–Kier alpha value is -0.560. The Morgan fingerprint density at radius 2 is 2.36 bits per heavy atom. The van der Waals surface area contributed by atoms with Crippen molar-refractivity contribution in [1.82, 2.24) is 0 Å². The van der Waals surface area contributed by atoms with Gasteiger partial charge < -0.3 is 5.11 Å². The van der Waals surface area contributed by atoms with Crippen molar-refractivity contribution in [3.05, 3.63) is 23.8 Å². The summed E-state index contributed by atoms with van der Waals surface area (Å²) in [6.07, 6.45) is 3.82. The van der Waals surface area contributed by atoms with Gasteiger partial charge in [0, 0.05) is 0 Å². The Labute approximate surface area is 68.4 Å². The first kappa shape index (κ1) is 8.54. The van der Waals surface area contributed by atoms with Gasteiger partial charge in [-0.15, -0.1) is 0 Å². The molecule has 1 aliphatic carbocycles. The summed E-state index contributed by atoms with van der Waals surface area (Å²) in [7, 11) is 0. The number of hydrogen-bond donors (Lipinski definition) is 1. The van der Waals surface area contributed by atoms with Gasteiger partial charge in [-0.3, -0.25) is 0 Å². The molecule has 2 unspecified atom stereocenters. The van der Waals surface area contributed by atoms with Gasteiger partial charge in [-0.05, 0) is 31.3 Å². The highest BCUT2D eigenvalue weighted by molar-refractivity contribution is 5.31. The predicted octanol–water partition coefficient (Wildman–Crippen LogP) is 2.28. The fourth-order valence-electron chi connectivity index (χ4n) is 1.53. The summed E-state index contributed by atoms with van der Waals surface area (Å²) in [5, 5.41) is 9.58. The molecular weight excluding hydrogens is 136 g/mol. The van der Waals surface area contributed by atoms with E-state index in [2.05, 4.69) is 19.6 Å². The normalized spacial score (nSPS) is 31.4. The van der Waals surface area contributed by atoms with Crippen LogP contribution in [0.5, 0.6) is 0 Å². The summed E-state index contributed by atoms with van der Waals surface area (Å²) in [5.41, 5.74) is 2.05. The van der Waals surface area contributed by atoms with Crippen molar-refractivity contribution in [3.63, 3.8) is 0 Å². The maximum Gasteiger partial charge on any atom is 0.0792 e. The van der Waals surface area contributed by atoms with Crippen LogP contribution in [0.3, 0.4) is 0 Å². The SMILES string of the molecule is C=C(C)C1=CCC(C)CC1O. The van der Waals surface area contributed by atoms with E-state index in [0.29, 0.717) is 5.92 Å². The van der Waals surface area contributed by atoms with E-state index in [4.69, 9.17) is 0 Å². The molecule has 0 aliphatic heterocycles. The summed E-state index contributed by atoms with van der Waals surface area (Å²) in [6.45, 7) is 7.94. The van der Waals surface area contributed by atoms with Crippen LogP contribution < -0.4 is 0 Å². The fourth-order valence-corrected chi connectivity index (χ4v) is 1.53. The Balaban J connectivity index is 2.72. The van der Waals surface area contributed by atoms with Crippen molar-refractivity contribution >= 4 is 0 Å². The summed E-state index contributed by atoms with van der Waals surface area (Å²) >= 11 is 0. The third-order valence-electron chi connectivity index (χ3n) is 2.22. The minimum atomic E-state index is -0.267. The molecule has 0 amide bonds.